The van der Waals surface area contributed by atoms with Crippen molar-refractivity contribution in [2.24, 2.45) is 5.92 Å². The van der Waals surface area contributed by atoms with Crippen molar-refractivity contribution in [2.75, 3.05) is 18.4 Å². The van der Waals surface area contributed by atoms with Crippen molar-refractivity contribution < 1.29 is 14.3 Å². The Hall–Kier alpha value is -2.83. The third-order valence-electron chi connectivity index (χ3n) is 5.01. The van der Waals surface area contributed by atoms with E-state index in [4.69, 9.17) is 16.3 Å². The number of amides is 2. The van der Waals surface area contributed by atoms with Gasteiger partial charge in [0.05, 0.1) is 21.5 Å². The number of rotatable bonds is 5. The van der Waals surface area contributed by atoms with Gasteiger partial charge in [0, 0.05) is 13.1 Å². The molecule has 1 atom stereocenters. The van der Waals surface area contributed by atoms with Crippen LogP contribution in [0.25, 0.3) is 0 Å². The molecule has 154 valence electrons. The van der Waals surface area contributed by atoms with Crippen LogP contribution in [0.1, 0.15) is 22.5 Å². The number of piperidine rings is 1. The first kappa shape index (κ1) is 20.4. The average molecular weight is 441 g/mol. The number of nitrogens with one attached hydrogen (secondary N) is 1. The topological polar surface area (TPSA) is 58.6 Å². The Labute approximate surface area is 184 Å². The standard InChI is InChI=1S/C23H21ClN2O3S/c24-17-8-1-3-10-19(17)29-20-11-4-2-9-18(20)25-22(27)16-7-5-13-26(15-16)23(28)21-12-6-14-30-21/h1-4,6,8-12,14,16H,5,7,13,15H2,(H,25,27)/t16-/m0/s1. The maximum atomic E-state index is 13.0. The number of likely N-dealkylation sites (tertiary alicyclic amines) is 1. The van der Waals surface area contributed by atoms with Gasteiger partial charge >= 0.3 is 0 Å². The summed E-state index contributed by atoms with van der Waals surface area (Å²) >= 11 is 7.61. The maximum absolute atomic E-state index is 13.0. The molecule has 2 aromatic carbocycles. The summed E-state index contributed by atoms with van der Waals surface area (Å²) in [6.07, 6.45) is 1.54. The molecule has 0 radical (unpaired) electrons. The van der Waals surface area contributed by atoms with Crippen LogP contribution in [0.15, 0.2) is 66.0 Å². The molecule has 4 rings (SSSR count). The summed E-state index contributed by atoms with van der Waals surface area (Å²) in [6, 6.07) is 18.1. The van der Waals surface area contributed by atoms with Crippen LogP contribution < -0.4 is 10.1 Å². The molecule has 30 heavy (non-hydrogen) atoms. The molecule has 2 amide bonds. The van der Waals surface area contributed by atoms with Gasteiger partial charge in [0.2, 0.25) is 5.91 Å². The molecule has 0 bridgehead atoms. The summed E-state index contributed by atoms with van der Waals surface area (Å²) in [6.45, 7) is 1.09. The smallest absolute Gasteiger partial charge is 0.263 e. The Bertz CT molecular complexity index is 1040. The van der Waals surface area contributed by atoms with E-state index in [0.717, 1.165) is 12.8 Å². The predicted molar refractivity (Wildman–Crippen MR) is 120 cm³/mol. The average Bonchev–Trinajstić information content (AvgIpc) is 3.31. The molecular formula is C23H21ClN2O3S. The third kappa shape index (κ3) is 4.66. The van der Waals surface area contributed by atoms with Gasteiger partial charge in [-0.25, -0.2) is 0 Å². The summed E-state index contributed by atoms with van der Waals surface area (Å²) < 4.78 is 5.93. The Kier molecular flexibility index (Phi) is 6.35. The van der Waals surface area contributed by atoms with Crippen molar-refractivity contribution in [2.45, 2.75) is 12.8 Å². The summed E-state index contributed by atoms with van der Waals surface area (Å²) in [4.78, 5) is 28.1. The SMILES string of the molecule is O=C(Nc1ccccc1Oc1ccccc1Cl)[C@H]1CCCN(C(=O)c2cccs2)C1. The molecule has 0 aliphatic carbocycles. The number of benzene rings is 2. The molecule has 0 spiro atoms. The van der Waals surface area contributed by atoms with Gasteiger partial charge < -0.3 is 15.0 Å². The first-order valence-corrected chi connectivity index (χ1v) is 11.0. The number of anilines is 1. The van der Waals surface area contributed by atoms with Gasteiger partial charge in [0.25, 0.3) is 5.91 Å². The van der Waals surface area contributed by atoms with Crippen LogP contribution in [0.2, 0.25) is 5.02 Å². The number of halogens is 1. The zero-order valence-corrected chi connectivity index (χ0v) is 17.8. The van der Waals surface area contributed by atoms with Crippen molar-refractivity contribution >= 4 is 40.4 Å². The Morgan fingerprint density at radius 3 is 2.57 bits per heavy atom. The number of hydrogen-bond acceptors (Lipinski definition) is 4. The molecular weight excluding hydrogens is 420 g/mol. The van der Waals surface area contributed by atoms with E-state index in [1.54, 1.807) is 29.2 Å². The van der Waals surface area contributed by atoms with Crippen LogP contribution in [-0.4, -0.2) is 29.8 Å². The number of hydrogen-bond donors (Lipinski definition) is 1. The van der Waals surface area contributed by atoms with Gasteiger partial charge in [-0.05, 0) is 48.6 Å². The van der Waals surface area contributed by atoms with Gasteiger partial charge in [0.1, 0.15) is 5.75 Å². The molecule has 1 aliphatic heterocycles. The van der Waals surface area contributed by atoms with E-state index >= 15 is 0 Å². The molecule has 2 heterocycles. The van der Waals surface area contributed by atoms with Gasteiger partial charge in [0.15, 0.2) is 5.75 Å². The Balaban J connectivity index is 1.45. The highest BCUT2D eigenvalue weighted by Gasteiger charge is 2.29. The second-order valence-corrected chi connectivity index (χ2v) is 8.44. The van der Waals surface area contributed by atoms with Crippen LogP contribution in [0.4, 0.5) is 5.69 Å². The first-order chi connectivity index (χ1) is 14.6. The lowest BCUT2D eigenvalue weighted by Crippen LogP contribution is -2.43. The quantitative estimate of drug-likeness (QED) is 0.554. The van der Waals surface area contributed by atoms with Crippen molar-refractivity contribution in [3.05, 3.63) is 75.9 Å². The highest BCUT2D eigenvalue weighted by molar-refractivity contribution is 7.12. The molecule has 0 saturated carbocycles. The summed E-state index contributed by atoms with van der Waals surface area (Å²) in [5.41, 5.74) is 0.573. The van der Waals surface area contributed by atoms with Gasteiger partial charge in [-0.3, -0.25) is 9.59 Å². The van der Waals surface area contributed by atoms with Crippen LogP contribution in [0.5, 0.6) is 11.5 Å². The van der Waals surface area contributed by atoms with E-state index in [1.165, 1.54) is 11.3 Å². The fourth-order valence-electron chi connectivity index (χ4n) is 3.47. The van der Waals surface area contributed by atoms with Gasteiger partial charge in [-0.1, -0.05) is 41.9 Å². The molecule has 3 aromatic rings. The van der Waals surface area contributed by atoms with E-state index in [2.05, 4.69) is 5.32 Å². The number of carbonyl (C=O) groups excluding carboxylic acids is 2. The summed E-state index contributed by atoms with van der Waals surface area (Å²) in [5.74, 6) is 0.641. The molecule has 1 fully saturated rings. The predicted octanol–water partition coefficient (Wildman–Crippen LogP) is 5.68. The van der Waals surface area contributed by atoms with Crippen molar-refractivity contribution in [3.63, 3.8) is 0 Å². The van der Waals surface area contributed by atoms with E-state index in [-0.39, 0.29) is 17.7 Å². The first-order valence-electron chi connectivity index (χ1n) is 9.77. The zero-order chi connectivity index (χ0) is 20.9. The Morgan fingerprint density at radius 1 is 1.03 bits per heavy atom. The van der Waals surface area contributed by atoms with Gasteiger partial charge in [-0.15, -0.1) is 11.3 Å². The number of nitrogens with zero attached hydrogens (tertiary/aromatic N) is 1. The zero-order valence-electron chi connectivity index (χ0n) is 16.2. The van der Waals surface area contributed by atoms with Crippen molar-refractivity contribution in [3.8, 4) is 11.5 Å². The minimum atomic E-state index is -0.268. The molecule has 1 saturated heterocycles. The number of ether oxygens (including phenoxy) is 1. The molecule has 1 aromatic heterocycles. The van der Waals surface area contributed by atoms with Crippen LogP contribution in [0, 0.1) is 5.92 Å². The van der Waals surface area contributed by atoms with E-state index in [0.29, 0.717) is 40.2 Å². The molecule has 7 heteroatoms. The van der Waals surface area contributed by atoms with Crippen LogP contribution in [0.3, 0.4) is 0 Å². The van der Waals surface area contributed by atoms with E-state index < -0.39 is 0 Å². The number of para-hydroxylation sites is 3. The fraction of sp³-hybridized carbons (Fsp3) is 0.217. The number of carbonyl (C=O) groups is 2. The fourth-order valence-corrected chi connectivity index (χ4v) is 4.34. The maximum Gasteiger partial charge on any atom is 0.263 e. The van der Waals surface area contributed by atoms with Gasteiger partial charge in [-0.2, -0.15) is 0 Å². The molecule has 5 nitrogen and oxygen atoms in total. The minimum Gasteiger partial charge on any atom is -0.454 e. The lowest BCUT2D eigenvalue weighted by Gasteiger charge is -2.31. The van der Waals surface area contributed by atoms with Crippen molar-refractivity contribution in [1.82, 2.24) is 4.90 Å². The van der Waals surface area contributed by atoms with Crippen molar-refractivity contribution in [1.29, 1.82) is 0 Å². The molecule has 0 unspecified atom stereocenters. The van der Waals surface area contributed by atoms with Crippen LogP contribution in [-0.2, 0) is 4.79 Å². The second-order valence-electron chi connectivity index (χ2n) is 7.09. The van der Waals surface area contributed by atoms with E-state index in [1.807, 2.05) is 41.8 Å². The summed E-state index contributed by atoms with van der Waals surface area (Å²) in [5, 5.41) is 5.35. The highest BCUT2D eigenvalue weighted by Crippen LogP contribution is 2.34. The van der Waals surface area contributed by atoms with Crippen LogP contribution >= 0.6 is 22.9 Å². The normalized spacial score (nSPS) is 16.2. The summed E-state index contributed by atoms with van der Waals surface area (Å²) in [7, 11) is 0. The third-order valence-corrected chi connectivity index (χ3v) is 6.18. The lowest BCUT2D eigenvalue weighted by molar-refractivity contribution is -0.121. The molecule has 1 N–H and O–H groups in total. The largest absolute Gasteiger partial charge is 0.454 e. The monoisotopic (exact) mass is 440 g/mol. The highest BCUT2D eigenvalue weighted by atomic mass is 35.5. The Morgan fingerprint density at radius 2 is 1.80 bits per heavy atom. The minimum absolute atomic E-state index is 0.00930. The lowest BCUT2D eigenvalue weighted by atomic mass is 9.96. The second kappa shape index (κ2) is 9.32. The molecule has 1 aliphatic rings. The number of thiophene rings is 1. The van der Waals surface area contributed by atoms with E-state index in [9.17, 15) is 9.59 Å².